The number of aryl methyl sites for hydroxylation is 4. The zero-order valence-electron chi connectivity index (χ0n) is 18.5. The second-order valence-electron chi connectivity index (χ2n) is 8.15. The van der Waals surface area contributed by atoms with Crippen molar-refractivity contribution < 1.29 is 4.79 Å². The molecule has 1 aromatic heterocycles. The van der Waals surface area contributed by atoms with Gasteiger partial charge in [0.15, 0.2) is 0 Å². The number of hydrogen-bond donors (Lipinski definition) is 1. The van der Waals surface area contributed by atoms with Crippen LogP contribution in [-0.4, -0.2) is 16.9 Å². The molecule has 3 aromatic rings. The van der Waals surface area contributed by atoms with E-state index in [-0.39, 0.29) is 11.9 Å². The summed E-state index contributed by atoms with van der Waals surface area (Å²) in [6.45, 7) is 8.49. The molecule has 0 aliphatic carbocycles. The second-order valence-corrected chi connectivity index (χ2v) is 8.15. The average Bonchev–Trinajstić information content (AvgIpc) is 2.76. The van der Waals surface area contributed by atoms with Gasteiger partial charge in [0.2, 0.25) is 0 Å². The molecule has 1 atom stereocenters. The summed E-state index contributed by atoms with van der Waals surface area (Å²) in [6, 6.07) is 16.8. The van der Waals surface area contributed by atoms with Crippen LogP contribution in [0.3, 0.4) is 0 Å². The number of carbonyl (C=O) groups is 1. The van der Waals surface area contributed by atoms with Gasteiger partial charge in [-0.1, -0.05) is 37.3 Å². The second kappa shape index (κ2) is 10.2. The van der Waals surface area contributed by atoms with Crippen LogP contribution < -0.4 is 5.32 Å². The third-order valence-electron chi connectivity index (χ3n) is 5.77. The highest BCUT2D eigenvalue weighted by molar-refractivity contribution is 5.95. The van der Waals surface area contributed by atoms with E-state index < -0.39 is 0 Å². The Morgan fingerprint density at radius 1 is 1.07 bits per heavy atom. The molecule has 30 heavy (non-hydrogen) atoms. The van der Waals surface area contributed by atoms with Crippen molar-refractivity contribution in [1.82, 2.24) is 10.3 Å². The fraction of sp³-hybridized carbons (Fsp3) is 0.333. The van der Waals surface area contributed by atoms with Crippen LogP contribution in [0.1, 0.15) is 59.3 Å². The zero-order chi connectivity index (χ0) is 21.5. The molecule has 1 heterocycles. The number of nitrogens with zero attached hydrogens (tertiary/aromatic N) is 1. The number of rotatable bonds is 8. The minimum absolute atomic E-state index is 0.00483. The molecule has 0 radical (unpaired) electrons. The lowest BCUT2D eigenvalue weighted by Crippen LogP contribution is -2.32. The SMILES string of the molecule is CCc1cc(C(=O)N[C@H](C)CCCc2cccnc2)ccc1-c1ccc(C)c(C)c1. The highest BCUT2D eigenvalue weighted by Crippen LogP contribution is 2.27. The van der Waals surface area contributed by atoms with Crippen molar-refractivity contribution in [3.05, 3.63) is 88.7 Å². The van der Waals surface area contributed by atoms with Crippen LogP contribution >= 0.6 is 0 Å². The first-order valence-corrected chi connectivity index (χ1v) is 10.9. The van der Waals surface area contributed by atoms with Gasteiger partial charge in [0.05, 0.1) is 0 Å². The maximum atomic E-state index is 12.8. The van der Waals surface area contributed by atoms with Crippen molar-refractivity contribution >= 4 is 5.91 Å². The van der Waals surface area contributed by atoms with Crippen LogP contribution in [-0.2, 0) is 12.8 Å². The van der Waals surface area contributed by atoms with Crippen molar-refractivity contribution in [2.24, 2.45) is 0 Å². The van der Waals surface area contributed by atoms with Crippen LogP contribution in [0.4, 0.5) is 0 Å². The molecule has 3 rings (SSSR count). The molecule has 0 aliphatic heterocycles. The summed E-state index contributed by atoms with van der Waals surface area (Å²) in [5, 5.41) is 3.16. The van der Waals surface area contributed by atoms with Crippen molar-refractivity contribution in [2.75, 3.05) is 0 Å². The Hall–Kier alpha value is -2.94. The molecule has 1 amide bonds. The lowest BCUT2D eigenvalue weighted by molar-refractivity contribution is 0.0938. The maximum absolute atomic E-state index is 12.8. The Balaban J connectivity index is 1.63. The van der Waals surface area contributed by atoms with E-state index in [0.717, 1.165) is 31.2 Å². The van der Waals surface area contributed by atoms with Gasteiger partial charge in [-0.05, 0) is 98.0 Å². The minimum Gasteiger partial charge on any atom is -0.350 e. The molecule has 3 heteroatoms. The van der Waals surface area contributed by atoms with Gasteiger partial charge < -0.3 is 5.32 Å². The number of aromatic nitrogens is 1. The third-order valence-corrected chi connectivity index (χ3v) is 5.77. The zero-order valence-corrected chi connectivity index (χ0v) is 18.5. The number of hydrogen-bond acceptors (Lipinski definition) is 2. The van der Waals surface area contributed by atoms with Gasteiger partial charge in [0, 0.05) is 24.0 Å². The van der Waals surface area contributed by atoms with Crippen LogP contribution in [0.2, 0.25) is 0 Å². The predicted octanol–water partition coefficient (Wildman–Crippen LogP) is 6.07. The van der Waals surface area contributed by atoms with E-state index in [1.54, 1.807) is 6.20 Å². The van der Waals surface area contributed by atoms with Gasteiger partial charge in [-0.25, -0.2) is 0 Å². The van der Waals surface area contributed by atoms with Crippen molar-refractivity contribution in [2.45, 2.75) is 59.4 Å². The fourth-order valence-electron chi connectivity index (χ4n) is 3.76. The molecule has 1 N–H and O–H groups in total. The quantitative estimate of drug-likeness (QED) is 0.499. The molecule has 2 aromatic carbocycles. The molecule has 0 unspecified atom stereocenters. The first kappa shape index (κ1) is 21.8. The smallest absolute Gasteiger partial charge is 0.251 e. The Kier molecular flexibility index (Phi) is 7.40. The summed E-state index contributed by atoms with van der Waals surface area (Å²) in [4.78, 5) is 16.9. The largest absolute Gasteiger partial charge is 0.350 e. The number of pyridine rings is 1. The van der Waals surface area contributed by atoms with Crippen molar-refractivity contribution in [1.29, 1.82) is 0 Å². The van der Waals surface area contributed by atoms with Gasteiger partial charge in [-0.3, -0.25) is 9.78 Å². The van der Waals surface area contributed by atoms with Crippen LogP contribution in [0.15, 0.2) is 60.9 Å². The highest BCUT2D eigenvalue weighted by atomic mass is 16.1. The summed E-state index contributed by atoms with van der Waals surface area (Å²) < 4.78 is 0. The summed E-state index contributed by atoms with van der Waals surface area (Å²) >= 11 is 0. The van der Waals surface area contributed by atoms with Gasteiger partial charge in [-0.15, -0.1) is 0 Å². The normalized spacial score (nSPS) is 11.9. The number of benzene rings is 2. The number of amides is 1. The summed E-state index contributed by atoms with van der Waals surface area (Å²) in [5.41, 5.74) is 8.19. The number of carbonyl (C=O) groups excluding carboxylic acids is 1. The fourth-order valence-corrected chi connectivity index (χ4v) is 3.76. The van der Waals surface area contributed by atoms with Crippen molar-refractivity contribution in [3.63, 3.8) is 0 Å². The van der Waals surface area contributed by atoms with E-state index in [2.05, 4.69) is 68.3 Å². The molecule has 0 spiro atoms. The minimum atomic E-state index is 0.00483. The summed E-state index contributed by atoms with van der Waals surface area (Å²) in [5.74, 6) is 0.00483. The van der Waals surface area contributed by atoms with Crippen LogP contribution in [0, 0.1) is 13.8 Å². The van der Waals surface area contributed by atoms with E-state index in [1.807, 2.05) is 24.4 Å². The first-order valence-electron chi connectivity index (χ1n) is 10.9. The van der Waals surface area contributed by atoms with Gasteiger partial charge >= 0.3 is 0 Å². The van der Waals surface area contributed by atoms with Crippen molar-refractivity contribution in [3.8, 4) is 11.1 Å². The molecule has 0 bridgehead atoms. The van der Waals surface area contributed by atoms with E-state index in [4.69, 9.17) is 0 Å². The molecule has 156 valence electrons. The van der Waals surface area contributed by atoms with E-state index in [1.165, 1.54) is 33.4 Å². The van der Waals surface area contributed by atoms with E-state index >= 15 is 0 Å². The molecule has 0 saturated carbocycles. The van der Waals surface area contributed by atoms with Crippen LogP contribution in [0.5, 0.6) is 0 Å². The summed E-state index contributed by atoms with van der Waals surface area (Å²) in [6.07, 6.45) is 7.55. The molecule has 0 fully saturated rings. The Morgan fingerprint density at radius 3 is 2.60 bits per heavy atom. The first-order chi connectivity index (χ1) is 14.5. The molecule has 0 aliphatic rings. The Morgan fingerprint density at radius 2 is 1.90 bits per heavy atom. The average molecular weight is 401 g/mol. The van der Waals surface area contributed by atoms with Gasteiger partial charge in [0.25, 0.3) is 5.91 Å². The predicted molar refractivity (Wildman–Crippen MR) is 125 cm³/mol. The third kappa shape index (κ3) is 5.56. The van der Waals surface area contributed by atoms with Gasteiger partial charge in [-0.2, -0.15) is 0 Å². The van der Waals surface area contributed by atoms with Crippen LogP contribution in [0.25, 0.3) is 11.1 Å². The van der Waals surface area contributed by atoms with E-state index in [9.17, 15) is 4.79 Å². The lowest BCUT2D eigenvalue weighted by Gasteiger charge is -2.16. The lowest BCUT2D eigenvalue weighted by atomic mass is 9.93. The molecular formula is C27H32N2O. The molecule has 3 nitrogen and oxygen atoms in total. The maximum Gasteiger partial charge on any atom is 0.251 e. The van der Waals surface area contributed by atoms with Gasteiger partial charge in [0.1, 0.15) is 0 Å². The summed E-state index contributed by atoms with van der Waals surface area (Å²) in [7, 11) is 0. The van der Waals surface area contributed by atoms with E-state index in [0.29, 0.717) is 0 Å². The highest BCUT2D eigenvalue weighted by Gasteiger charge is 2.13. The molecular weight excluding hydrogens is 368 g/mol. The Bertz CT molecular complexity index is 995. The monoisotopic (exact) mass is 400 g/mol. The Labute approximate surface area is 180 Å². The standard InChI is InChI=1S/C27H32N2O/c1-5-23-17-25(13-14-26(23)24-12-11-19(2)20(3)16-24)27(30)29-21(4)8-6-9-22-10-7-15-28-18-22/h7,10-18,21H,5-6,8-9H2,1-4H3,(H,29,30)/t21-/m1/s1. The molecule has 0 saturated heterocycles. The number of nitrogens with one attached hydrogen (secondary N) is 1. The topological polar surface area (TPSA) is 42.0 Å².